The van der Waals surface area contributed by atoms with Crippen LogP contribution < -0.4 is 0 Å². The molecule has 0 atom stereocenters. The molecule has 23 heavy (non-hydrogen) atoms. The number of rotatable bonds is 3. The first-order valence-electron chi connectivity index (χ1n) is 7.72. The van der Waals surface area contributed by atoms with E-state index >= 15 is 0 Å². The SMILES string of the molecule is Cc1ccc(-c2[nH]c3ccccc3c2Sc2ccccc2)cc1. The molecule has 0 unspecified atom stereocenters. The van der Waals surface area contributed by atoms with Crippen LogP contribution in [0.15, 0.2) is 88.7 Å². The van der Waals surface area contributed by atoms with Gasteiger partial charge in [-0.3, -0.25) is 0 Å². The number of aromatic amines is 1. The first kappa shape index (κ1) is 14.2. The summed E-state index contributed by atoms with van der Waals surface area (Å²) in [5.41, 5.74) is 4.88. The highest BCUT2D eigenvalue weighted by molar-refractivity contribution is 7.99. The zero-order chi connectivity index (χ0) is 15.6. The molecule has 2 heteroatoms. The van der Waals surface area contributed by atoms with Gasteiger partial charge >= 0.3 is 0 Å². The maximum absolute atomic E-state index is 3.60. The fraction of sp³-hybridized carbons (Fsp3) is 0.0476. The molecule has 0 spiro atoms. The van der Waals surface area contributed by atoms with E-state index in [2.05, 4.69) is 90.8 Å². The number of H-pyrrole nitrogens is 1. The molecule has 112 valence electrons. The van der Waals surface area contributed by atoms with Crippen LogP contribution in [0.5, 0.6) is 0 Å². The number of fused-ring (bicyclic) bond motifs is 1. The maximum Gasteiger partial charge on any atom is 0.0606 e. The summed E-state index contributed by atoms with van der Waals surface area (Å²) in [6.07, 6.45) is 0. The molecule has 0 saturated heterocycles. The van der Waals surface area contributed by atoms with Crippen molar-refractivity contribution in [3.8, 4) is 11.3 Å². The van der Waals surface area contributed by atoms with Crippen molar-refractivity contribution in [2.45, 2.75) is 16.7 Å². The fourth-order valence-corrected chi connectivity index (χ4v) is 3.84. The van der Waals surface area contributed by atoms with Crippen molar-refractivity contribution in [3.05, 3.63) is 84.4 Å². The molecule has 4 aromatic rings. The first-order chi connectivity index (χ1) is 11.3. The number of nitrogens with one attached hydrogen (secondary N) is 1. The quantitative estimate of drug-likeness (QED) is 0.469. The summed E-state index contributed by atoms with van der Waals surface area (Å²) >= 11 is 1.82. The van der Waals surface area contributed by atoms with Crippen LogP contribution in [0.3, 0.4) is 0 Å². The Bertz CT molecular complexity index is 937. The van der Waals surface area contributed by atoms with Gasteiger partial charge in [0, 0.05) is 20.7 Å². The minimum atomic E-state index is 1.18. The lowest BCUT2D eigenvalue weighted by Crippen LogP contribution is -1.81. The lowest BCUT2D eigenvalue weighted by atomic mass is 10.1. The van der Waals surface area contributed by atoms with Crippen LogP contribution in [0.4, 0.5) is 0 Å². The van der Waals surface area contributed by atoms with Crippen LogP contribution in [-0.4, -0.2) is 4.98 Å². The molecule has 0 aliphatic rings. The smallest absolute Gasteiger partial charge is 0.0606 e. The van der Waals surface area contributed by atoms with Gasteiger partial charge in [-0.25, -0.2) is 0 Å². The van der Waals surface area contributed by atoms with Gasteiger partial charge in [-0.2, -0.15) is 0 Å². The predicted octanol–water partition coefficient (Wildman–Crippen LogP) is 6.29. The van der Waals surface area contributed by atoms with E-state index in [-0.39, 0.29) is 0 Å². The van der Waals surface area contributed by atoms with Gasteiger partial charge in [-0.05, 0) is 30.7 Å². The number of hydrogen-bond donors (Lipinski definition) is 1. The Morgan fingerprint density at radius 2 is 1.43 bits per heavy atom. The van der Waals surface area contributed by atoms with Crippen LogP contribution in [0, 0.1) is 6.92 Å². The zero-order valence-electron chi connectivity index (χ0n) is 12.9. The summed E-state index contributed by atoms with van der Waals surface area (Å²) in [5.74, 6) is 0. The minimum absolute atomic E-state index is 1.18. The molecule has 1 aromatic heterocycles. The summed E-state index contributed by atoms with van der Waals surface area (Å²) in [7, 11) is 0. The van der Waals surface area contributed by atoms with Gasteiger partial charge < -0.3 is 4.98 Å². The summed E-state index contributed by atoms with van der Waals surface area (Å²) in [4.78, 5) is 6.14. The molecule has 0 bridgehead atoms. The topological polar surface area (TPSA) is 15.8 Å². The summed E-state index contributed by atoms with van der Waals surface area (Å²) < 4.78 is 0. The van der Waals surface area contributed by atoms with Gasteiger partial charge in [-0.1, -0.05) is 78.0 Å². The highest BCUT2D eigenvalue weighted by Gasteiger charge is 2.14. The molecule has 0 radical (unpaired) electrons. The van der Waals surface area contributed by atoms with Gasteiger partial charge in [-0.15, -0.1) is 0 Å². The standard InChI is InChI=1S/C21H17NS/c1-15-11-13-16(14-12-15)20-21(23-17-7-3-2-4-8-17)18-9-5-6-10-19(18)22-20/h2-14,22H,1H3. The van der Waals surface area contributed by atoms with E-state index in [0.29, 0.717) is 0 Å². The Morgan fingerprint density at radius 3 is 2.22 bits per heavy atom. The van der Waals surface area contributed by atoms with Gasteiger partial charge in [0.2, 0.25) is 0 Å². The van der Waals surface area contributed by atoms with Crippen LogP contribution in [0.25, 0.3) is 22.2 Å². The van der Waals surface area contributed by atoms with E-state index in [0.717, 1.165) is 0 Å². The molecule has 0 amide bonds. The lowest BCUT2D eigenvalue weighted by molar-refractivity contribution is 1.37. The number of para-hydroxylation sites is 1. The van der Waals surface area contributed by atoms with E-state index < -0.39 is 0 Å². The molecule has 0 aliphatic carbocycles. The molecule has 0 fully saturated rings. The van der Waals surface area contributed by atoms with Crippen LogP contribution in [-0.2, 0) is 0 Å². The molecular formula is C21H17NS. The second-order valence-corrected chi connectivity index (χ2v) is 6.74. The number of hydrogen-bond acceptors (Lipinski definition) is 1. The minimum Gasteiger partial charge on any atom is -0.354 e. The Kier molecular flexibility index (Phi) is 3.68. The Labute approximate surface area is 140 Å². The molecule has 0 aliphatic heterocycles. The second kappa shape index (κ2) is 5.98. The van der Waals surface area contributed by atoms with Crippen molar-refractivity contribution in [1.82, 2.24) is 4.98 Å². The normalized spacial score (nSPS) is 11.0. The molecule has 0 saturated carbocycles. The maximum atomic E-state index is 3.60. The van der Waals surface area contributed by atoms with Crippen molar-refractivity contribution < 1.29 is 0 Å². The highest BCUT2D eigenvalue weighted by atomic mass is 32.2. The van der Waals surface area contributed by atoms with Crippen molar-refractivity contribution in [2.75, 3.05) is 0 Å². The van der Waals surface area contributed by atoms with Crippen molar-refractivity contribution in [1.29, 1.82) is 0 Å². The number of aryl methyl sites for hydroxylation is 1. The highest BCUT2D eigenvalue weighted by Crippen LogP contribution is 2.41. The van der Waals surface area contributed by atoms with E-state index in [9.17, 15) is 0 Å². The van der Waals surface area contributed by atoms with Crippen LogP contribution in [0.2, 0.25) is 0 Å². The molecule has 1 N–H and O–H groups in total. The number of benzene rings is 3. The van der Waals surface area contributed by atoms with Gasteiger partial charge in [0.1, 0.15) is 0 Å². The van der Waals surface area contributed by atoms with Gasteiger partial charge in [0.15, 0.2) is 0 Å². The fourth-order valence-electron chi connectivity index (χ4n) is 2.75. The molecular weight excluding hydrogens is 298 g/mol. The van der Waals surface area contributed by atoms with Crippen LogP contribution >= 0.6 is 11.8 Å². The van der Waals surface area contributed by atoms with Gasteiger partial charge in [0.05, 0.1) is 5.69 Å². The van der Waals surface area contributed by atoms with Crippen molar-refractivity contribution in [2.24, 2.45) is 0 Å². The number of aromatic nitrogens is 1. The molecule has 1 nitrogen and oxygen atoms in total. The summed E-state index contributed by atoms with van der Waals surface area (Å²) in [6, 6.07) is 27.8. The Morgan fingerprint density at radius 1 is 0.739 bits per heavy atom. The second-order valence-electron chi connectivity index (χ2n) is 5.66. The Hall–Kier alpha value is -2.45. The van der Waals surface area contributed by atoms with Crippen molar-refractivity contribution >= 4 is 22.7 Å². The third-order valence-electron chi connectivity index (χ3n) is 3.96. The monoisotopic (exact) mass is 315 g/mol. The van der Waals surface area contributed by atoms with Gasteiger partial charge in [0.25, 0.3) is 0 Å². The predicted molar refractivity (Wildman–Crippen MR) is 99.0 cm³/mol. The van der Waals surface area contributed by atoms with E-state index in [1.807, 2.05) is 11.8 Å². The van der Waals surface area contributed by atoms with E-state index in [1.165, 1.54) is 37.5 Å². The van der Waals surface area contributed by atoms with E-state index in [1.54, 1.807) is 0 Å². The third-order valence-corrected chi connectivity index (χ3v) is 5.10. The molecule has 4 rings (SSSR count). The third kappa shape index (κ3) is 2.78. The van der Waals surface area contributed by atoms with E-state index in [4.69, 9.17) is 0 Å². The largest absolute Gasteiger partial charge is 0.354 e. The summed E-state index contributed by atoms with van der Waals surface area (Å²) in [5, 5.41) is 1.27. The van der Waals surface area contributed by atoms with Crippen molar-refractivity contribution in [3.63, 3.8) is 0 Å². The molecule has 3 aromatic carbocycles. The summed E-state index contributed by atoms with van der Waals surface area (Å²) in [6.45, 7) is 2.12. The Balaban J connectivity index is 1.89. The lowest BCUT2D eigenvalue weighted by Gasteiger charge is -2.06. The average molecular weight is 315 g/mol. The average Bonchev–Trinajstić information content (AvgIpc) is 2.95. The zero-order valence-corrected chi connectivity index (χ0v) is 13.7. The first-order valence-corrected chi connectivity index (χ1v) is 8.53. The van der Waals surface area contributed by atoms with Crippen LogP contribution in [0.1, 0.15) is 5.56 Å². The molecule has 1 heterocycles.